The van der Waals surface area contributed by atoms with Crippen LogP contribution in [0.1, 0.15) is 41.3 Å². The molecule has 1 aliphatic carbocycles. The summed E-state index contributed by atoms with van der Waals surface area (Å²) in [5, 5.41) is 3.03. The van der Waals surface area contributed by atoms with Gasteiger partial charge in [-0.15, -0.1) is 12.4 Å². The third-order valence-corrected chi connectivity index (χ3v) is 7.58. The molecule has 8 heteroatoms. The summed E-state index contributed by atoms with van der Waals surface area (Å²) in [5.74, 6) is -0.0661. The van der Waals surface area contributed by atoms with E-state index in [1.807, 2.05) is 61.5 Å². The number of carbonyl (C=O) groups excluding carboxylic acids is 3. The van der Waals surface area contributed by atoms with Crippen molar-refractivity contribution >= 4 is 41.6 Å². The molecule has 2 aliphatic heterocycles. The SMILES string of the molecule is CC(C(=O)Nc1ccc2c(c1)-c1ccccc1C2=O)N1CCC(N2C(=O)OCc3ccccc32)CC1.Cl. The highest BCUT2D eigenvalue weighted by molar-refractivity contribution is 6.22. The van der Waals surface area contributed by atoms with Crippen molar-refractivity contribution in [3.63, 3.8) is 0 Å². The molecule has 0 bridgehead atoms. The number of anilines is 2. The largest absolute Gasteiger partial charge is 0.444 e. The summed E-state index contributed by atoms with van der Waals surface area (Å²) in [6.07, 6.45) is 1.23. The first-order chi connectivity index (χ1) is 17.5. The fourth-order valence-electron chi connectivity index (χ4n) is 5.57. The molecule has 190 valence electrons. The molecule has 2 amide bonds. The molecule has 1 N–H and O–H groups in total. The Balaban J connectivity index is 0.00000280. The third-order valence-electron chi connectivity index (χ3n) is 7.58. The summed E-state index contributed by atoms with van der Waals surface area (Å²) in [4.78, 5) is 42.3. The van der Waals surface area contributed by atoms with Crippen LogP contribution in [-0.4, -0.2) is 47.9 Å². The fraction of sp³-hybridized carbons (Fsp3) is 0.276. The van der Waals surface area contributed by atoms with Crippen molar-refractivity contribution in [3.8, 4) is 11.1 Å². The molecule has 0 spiro atoms. The fourth-order valence-corrected chi connectivity index (χ4v) is 5.57. The summed E-state index contributed by atoms with van der Waals surface area (Å²) in [6.45, 7) is 3.63. The van der Waals surface area contributed by atoms with Crippen molar-refractivity contribution in [1.82, 2.24) is 4.90 Å². The summed E-state index contributed by atoms with van der Waals surface area (Å²) in [7, 11) is 0. The molecule has 1 unspecified atom stereocenters. The Morgan fingerprint density at radius 2 is 1.59 bits per heavy atom. The van der Waals surface area contributed by atoms with Crippen molar-refractivity contribution in [2.45, 2.75) is 38.5 Å². The number of likely N-dealkylation sites (tertiary alicyclic amines) is 1. The zero-order chi connectivity index (χ0) is 24.8. The van der Waals surface area contributed by atoms with Crippen LogP contribution in [0.5, 0.6) is 0 Å². The molecule has 1 fully saturated rings. The van der Waals surface area contributed by atoms with Gasteiger partial charge in [0.2, 0.25) is 5.91 Å². The quantitative estimate of drug-likeness (QED) is 0.399. The van der Waals surface area contributed by atoms with E-state index in [4.69, 9.17) is 4.74 Å². The van der Waals surface area contributed by atoms with Crippen LogP contribution in [0.4, 0.5) is 16.2 Å². The normalized spacial score (nSPS) is 17.7. The van der Waals surface area contributed by atoms with Crippen molar-refractivity contribution in [3.05, 3.63) is 83.4 Å². The third kappa shape index (κ3) is 4.38. The maximum atomic E-state index is 13.1. The number of cyclic esters (lactones) is 1. The molecule has 0 saturated carbocycles. The van der Waals surface area contributed by atoms with E-state index in [1.165, 1.54) is 0 Å². The molecule has 3 aromatic rings. The number of hydrogen-bond donors (Lipinski definition) is 1. The maximum Gasteiger partial charge on any atom is 0.414 e. The molecule has 0 aromatic heterocycles. The van der Waals surface area contributed by atoms with Crippen LogP contribution in [0.25, 0.3) is 11.1 Å². The topological polar surface area (TPSA) is 79.0 Å². The number of para-hydroxylation sites is 1. The maximum absolute atomic E-state index is 13.1. The zero-order valence-corrected chi connectivity index (χ0v) is 21.3. The molecular weight excluding hydrogens is 490 g/mol. The molecule has 1 atom stereocenters. The molecule has 37 heavy (non-hydrogen) atoms. The standard InChI is InChI=1S/C29H27N3O4.ClH/c1-18(28(34)30-20-10-11-24-25(16-20)22-7-3-4-8-23(22)27(24)33)31-14-12-21(13-15-31)32-26-9-5-2-6-19(26)17-36-29(32)35;/h2-11,16,18,21H,12-15,17H2,1H3,(H,30,34);1H. The van der Waals surface area contributed by atoms with Gasteiger partial charge in [0, 0.05) is 41.5 Å². The lowest BCUT2D eigenvalue weighted by Crippen LogP contribution is -2.52. The molecule has 1 saturated heterocycles. The van der Waals surface area contributed by atoms with Gasteiger partial charge in [0.15, 0.2) is 5.78 Å². The van der Waals surface area contributed by atoms with Crippen LogP contribution in [0.3, 0.4) is 0 Å². The van der Waals surface area contributed by atoms with Crippen LogP contribution in [0.2, 0.25) is 0 Å². The van der Waals surface area contributed by atoms with E-state index >= 15 is 0 Å². The number of piperidine rings is 1. The number of rotatable bonds is 4. The van der Waals surface area contributed by atoms with Gasteiger partial charge in [0.05, 0.1) is 11.7 Å². The number of hydrogen-bond acceptors (Lipinski definition) is 5. The second-order valence-corrected chi connectivity index (χ2v) is 9.62. The molecule has 6 rings (SSSR count). The average molecular weight is 518 g/mol. The van der Waals surface area contributed by atoms with Crippen molar-refractivity contribution in [2.75, 3.05) is 23.3 Å². The number of amides is 2. The van der Waals surface area contributed by atoms with Gasteiger partial charge in [-0.2, -0.15) is 0 Å². The molecule has 3 aliphatic rings. The molecule has 2 heterocycles. The number of nitrogens with one attached hydrogen (secondary N) is 1. The minimum absolute atomic E-state index is 0. The van der Waals surface area contributed by atoms with Crippen LogP contribution in [0.15, 0.2) is 66.7 Å². The van der Waals surface area contributed by atoms with Gasteiger partial charge >= 0.3 is 6.09 Å². The highest BCUT2D eigenvalue weighted by Gasteiger charge is 2.36. The lowest BCUT2D eigenvalue weighted by atomic mass is 9.99. The van der Waals surface area contributed by atoms with Crippen LogP contribution in [0, 0.1) is 0 Å². The summed E-state index contributed by atoms with van der Waals surface area (Å²) in [5.41, 5.74) is 5.75. The summed E-state index contributed by atoms with van der Waals surface area (Å²) >= 11 is 0. The minimum Gasteiger partial charge on any atom is -0.444 e. The van der Waals surface area contributed by atoms with E-state index in [9.17, 15) is 14.4 Å². The van der Waals surface area contributed by atoms with Gasteiger partial charge in [0.25, 0.3) is 0 Å². The van der Waals surface area contributed by atoms with E-state index in [-0.39, 0.29) is 42.3 Å². The van der Waals surface area contributed by atoms with Crippen LogP contribution >= 0.6 is 12.4 Å². The van der Waals surface area contributed by atoms with E-state index < -0.39 is 0 Å². The second-order valence-electron chi connectivity index (χ2n) is 9.62. The van der Waals surface area contributed by atoms with Gasteiger partial charge in [0.1, 0.15) is 6.61 Å². The number of fused-ring (bicyclic) bond motifs is 4. The van der Waals surface area contributed by atoms with Crippen molar-refractivity contribution < 1.29 is 19.1 Å². The van der Waals surface area contributed by atoms with Gasteiger partial charge in [-0.25, -0.2) is 4.79 Å². The Hall–Kier alpha value is -3.68. The first kappa shape index (κ1) is 25.0. The van der Waals surface area contributed by atoms with Crippen LogP contribution in [-0.2, 0) is 16.1 Å². The summed E-state index contributed by atoms with van der Waals surface area (Å²) < 4.78 is 5.40. The number of ketones is 1. The lowest BCUT2D eigenvalue weighted by Gasteiger charge is -2.41. The highest BCUT2D eigenvalue weighted by Crippen LogP contribution is 2.38. The molecule has 0 radical (unpaired) electrons. The number of benzene rings is 3. The molecular formula is C29H28ClN3O4. The smallest absolute Gasteiger partial charge is 0.414 e. The molecule has 3 aromatic carbocycles. The Morgan fingerprint density at radius 1 is 0.919 bits per heavy atom. The van der Waals surface area contributed by atoms with E-state index in [0.29, 0.717) is 36.5 Å². The predicted molar refractivity (Wildman–Crippen MR) is 144 cm³/mol. The highest BCUT2D eigenvalue weighted by atomic mass is 35.5. The monoisotopic (exact) mass is 517 g/mol. The zero-order valence-electron chi connectivity index (χ0n) is 20.5. The van der Waals surface area contributed by atoms with Crippen LogP contribution < -0.4 is 10.2 Å². The number of halogens is 1. The van der Waals surface area contributed by atoms with E-state index in [0.717, 1.165) is 35.2 Å². The van der Waals surface area contributed by atoms with Gasteiger partial charge in [-0.05, 0) is 55.2 Å². The van der Waals surface area contributed by atoms with Crippen molar-refractivity contribution in [1.29, 1.82) is 0 Å². The first-order valence-corrected chi connectivity index (χ1v) is 12.4. The second kappa shape index (κ2) is 10.00. The lowest BCUT2D eigenvalue weighted by molar-refractivity contribution is -0.121. The average Bonchev–Trinajstić information content (AvgIpc) is 3.20. The Morgan fingerprint density at radius 3 is 2.38 bits per heavy atom. The molecule has 7 nitrogen and oxygen atoms in total. The predicted octanol–water partition coefficient (Wildman–Crippen LogP) is 5.27. The Labute approximate surface area is 221 Å². The van der Waals surface area contributed by atoms with Gasteiger partial charge in [-0.1, -0.05) is 42.5 Å². The number of carbonyl (C=O) groups is 3. The first-order valence-electron chi connectivity index (χ1n) is 12.4. The number of nitrogens with zero attached hydrogens (tertiary/aromatic N) is 2. The van der Waals surface area contributed by atoms with Crippen molar-refractivity contribution in [2.24, 2.45) is 0 Å². The van der Waals surface area contributed by atoms with E-state index in [2.05, 4.69) is 10.2 Å². The van der Waals surface area contributed by atoms with Gasteiger partial charge < -0.3 is 10.1 Å². The van der Waals surface area contributed by atoms with E-state index in [1.54, 1.807) is 17.0 Å². The van der Waals surface area contributed by atoms with Gasteiger partial charge in [-0.3, -0.25) is 19.4 Å². The Bertz CT molecular complexity index is 1380. The minimum atomic E-state index is -0.325. The number of ether oxygens (including phenoxy) is 1. The Kier molecular flexibility index (Phi) is 6.75. The summed E-state index contributed by atoms with van der Waals surface area (Å²) in [6, 6.07) is 20.6.